The molecule has 1 aromatic carbocycles. The fourth-order valence-electron chi connectivity index (χ4n) is 8.16. The molecule has 0 unspecified atom stereocenters. The summed E-state index contributed by atoms with van der Waals surface area (Å²) in [5, 5.41) is 7.30. The minimum Gasteiger partial charge on any atom is -0.497 e. The maximum absolute atomic E-state index is 15.0. The molecule has 4 aliphatic rings. The van der Waals surface area contributed by atoms with Crippen LogP contribution in [0.3, 0.4) is 0 Å². The zero-order valence-corrected chi connectivity index (χ0v) is 34.3. The number of pyridine rings is 1. The van der Waals surface area contributed by atoms with E-state index >= 15 is 0 Å². The van der Waals surface area contributed by atoms with Gasteiger partial charge in [-0.15, -0.1) is 0 Å². The number of alkyl carbamates (subject to hydrolysis) is 1. The average molecular weight is 800 g/mol. The van der Waals surface area contributed by atoms with Gasteiger partial charge in [0, 0.05) is 31.0 Å². The number of carbonyl (C=O) groups is 4. The number of fused-ring (bicyclic) bond motifs is 3. The van der Waals surface area contributed by atoms with Gasteiger partial charge in [0.15, 0.2) is 0 Å². The van der Waals surface area contributed by atoms with Crippen LogP contribution in [0.1, 0.15) is 92.4 Å². The summed E-state index contributed by atoms with van der Waals surface area (Å²) >= 11 is 0. The Hall–Kier alpha value is -4.18. The van der Waals surface area contributed by atoms with E-state index in [0.29, 0.717) is 42.7 Å². The van der Waals surface area contributed by atoms with E-state index in [1.807, 2.05) is 18.2 Å². The summed E-state index contributed by atoms with van der Waals surface area (Å²) in [5.74, 6) is -1.57. The number of methoxy groups -OCH3 is 2. The van der Waals surface area contributed by atoms with Crippen molar-refractivity contribution in [3.8, 4) is 11.6 Å². The van der Waals surface area contributed by atoms with E-state index in [0.717, 1.165) is 24.6 Å². The molecule has 3 N–H and O–H groups in total. The molecule has 2 aromatic rings. The molecule has 0 radical (unpaired) electrons. The molecular formula is C40H57N5O10S. The lowest BCUT2D eigenvalue weighted by Gasteiger charge is -2.34. The van der Waals surface area contributed by atoms with Crippen molar-refractivity contribution >= 4 is 44.6 Å². The lowest BCUT2D eigenvalue weighted by molar-refractivity contribution is -0.142. The molecule has 2 aliphatic carbocycles. The Morgan fingerprint density at radius 2 is 1.80 bits per heavy atom. The number of ether oxygens (including phenoxy) is 4. The van der Waals surface area contributed by atoms with Gasteiger partial charge < -0.3 is 34.5 Å². The Balaban J connectivity index is 1.36. The summed E-state index contributed by atoms with van der Waals surface area (Å²) in [4.78, 5) is 62.8. The second kappa shape index (κ2) is 16.0. The highest BCUT2D eigenvalue weighted by Gasteiger charge is 2.63. The number of carbonyl (C=O) groups excluding carboxylic acids is 4. The lowest BCUT2D eigenvalue weighted by Crippen LogP contribution is -2.60. The highest BCUT2D eigenvalue weighted by molar-refractivity contribution is 7.91. The molecule has 308 valence electrons. The van der Waals surface area contributed by atoms with Crippen LogP contribution >= 0.6 is 0 Å². The van der Waals surface area contributed by atoms with Crippen molar-refractivity contribution < 1.29 is 46.5 Å². The number of rotatable bonds is 9. The molecule has 2 saturated heterocycles. The van der Waals surface area contributed by atoms with Crippen LogP contribution in [0.2, 0.25) is 0 Å². The van der Waals surface area contributed by atoms with Crippen molar-refractivity contribution in [1.82, 2.24) is 25.2 Å². The van der Waals surface area contributed by atoms with Gasteiger partial charge in [0.2, 0.25) is 27.7 Å². The topological polar surface area (TPSA) is 192 Å². The summed E-state index contributed by atoms with van der Waals surface area (Å²) < 4.78 is 50.8. The van der Waals surface area contributed by atoms with E-state index in [1.54, 1.807) is 54.2 Å². The van der Waals surface area contributed by atoms with Crippen molar-refractivity contribution in [2.45, 2.75) is 126 Å². The number of nitrogens with zero attached hydrogens (tertiary/aromatic N) is 2. The van der Waals surface area contributed by atoms with Crippen molar-refractivity contribution in [2.75, 3.05) is 27.4 Å². The molecule has 2 saturated carbocycles. The maximum Gasteiger partial charge on any atom is 0.408 e. The van der Waals surface area contributed by atoms with Gasteiger partial charge in [-0.3, -0.25) is 19.1 Å². The molecule has 0 bridgehead atoms. The predicted molar refractivity (Wildman–Crippen MR) is 207 cm³/mol. The molecule has 3 heterocycles. The third-order valence-corrected chi connectivity index (χ3v) is 13.9. The van der Waals surface area contributed by atoms with E-state index in [2.05, 4.69) is 27.3 Å². The third-order valence-electron chi connectivity index (χ3n) is 11.7. The Bertz CT molecular complexity index is 1930. The predicted octanol–water partition coefficient (Wildman–Crippen LogP) is 4.22. The molecule has 1 aromatic heterocycles. The third kappa shape index (κ3) is 9.01. The smallest absolute Gasteiger partial charge is 0.408 e. The Labute approximate surface area is 329 Å². The zero-order chi connectivity index (χ0) is 40.6. The van der Waals surface area contributed by atoms with Crippen LogP contribution in [-0.4, -0.2) is 104 Å². The number of aromatic nitrogens is 1. The quantitative estimate of drug-likeness (QED) is 0.329. The summed E-state index contributed by atoms with van der Waals surface area (Å²) in [6, 6.07) is 5.01. The molecular weight excluding hydrogens is 743 g/mol. The van der Waals surface area contributed by atoms with E-state index in [1.165, 1.54) is 4.90 Å². The largest absolute Gasteiger partial charge is 0.497 e. The monoisotopic (exact) mass is 799 g/mol. The molecule has 15 nitrogen and oxygen atoms in total. The van der Waals surface area contributed by atoms with Crippen LogP contribution in [0.25, 0.3) is 10.8 Å². The van der Waals surface area contributed by atoms with Gasteiger partial charge in [-0.05, 0) is 101 Å². The Morgan fingerprint density at radius 1 is 1.07 bits per heavy atom. The molecule has 56 heavy (non-hydrogen) atoms. The zero-order valence-electron chi connectivity index (χ0n) is 33.5. The van der Waals surface area contributed by atoms with Gasteiger partial charge >= 0.3 is 6.09 Å². The van der Waals surface area contributed by atoms with Gasteiger partial charge in [-0.1, -0.05) is 26.2 Å². The standard InChI is InChI=1S/C40H57N5O10S/c1-24-10-8-9-11-27-21-40(27,36(48)44-56(50,51)39(5)15-16-39)43-33(46)31-20-29(54-34-30-13-12-28(53-7)19-25(30)14-17-41-34)22-45(31)35(47)32(26(18-24)23-52-6)42-37(49)55-38(2,3)4/h12-14,17,19,24,26-27,29,31-32H,8-11,15-16,18,20-23H2,1-7H3,(H,42,49)(H,43,46)(H,44,48)/t24-,26+,27+,29-,31+,32+,40-/m1/s1. The van der Waals surface area contributed by atoms with Gasteiger partial charge in [-0.2, -0.15) is 0 Å². The lowest BCUT2D eigenvalue weighted by atomic mass is 9.86. The average Bonchev–Trinajstić information content (AvgIpc) is 4.01. The number of benzene rings is 1. The van der Waals surface area contributed by atoms with Crippen LogP contribution in [0.5, 0.6) is 11.6 Å². The van der Waals surface area contributed by atoms with Crippen LogP contribution in [0.15, 0.2) is 30.5 Å². The van der Waals surface area contributed by atoms with Crippen molar-refractivity contribution in [3.63, 3.8) is 0 Å². The fraction of sp³-hybridized carbons (Fsp3) is 0.675. The minimum atomic E-state index is -3.99. The highest BCUT2D eigenvalue weighted by Crippen LogP contribution is 2.49. The van der Waals surface area contributed by atoms with E-state index < -0.39 is 73.8 Å². The first-order valence-electron chi connectivity index (χ1n) is 19.7. The Morgan fingerprint density at radius 3 is 2.48 bits per heavy atom. The number of nitrogens with one attached hydrogen (secondary N) is 3. The highest BCUT2D eigenvalue weighted by atomic mass is 32.2. The maximum atomic E-state index is 15.0. The van der Waals surface area contributed by atoms with Gasteiger partial charge in [0.1, 0.15) is 35.1 Å². The second-order valence-electron chi connectivity index (χ2n) is 17.4. The van der Waals surface area contributed by atoms with Crippen LogP contribution in [0, 0.1) is 17.8 Å². The van der Waals surface area contributed by atoms with Crippen molar-refractivity contribution in [2.24, 2.45) is 17.8 Å². The van der Waals surface area contributed by atoms with Crippen LogP contribution < -0.4 is 24.8 Å². The molecule has 4 fully saturated rings. The summed E-state index contributed by atoms with van der Waals surface area (Å²) in [6.45, 7) is 9.00. The van der Waals surface area contributed by atoms with E-state index in [9.17, 15) is 27.6 Å². The summed E-state index contributed by atoms with van der Waals surface area (Å²) in [5.41, 5.74) is -2.31. The molecule has 4 amide bonds. The SMILES string of the molecule is COC[C@@H]1C[C@H](C)CCCC[C@H]2C[C@@]2(C(=O)NS(=O)(=O)C2(C)CC2)NC(=O)[C@@H]2C[C@@H](Oc3nccc4cc(OC)ccc34)CN2C(=O)[C@H]1NC(=O)OC(C)(C)C. The minimum absolute atomic E-state index is 0.0367. The van der Waals surface area contributed by atoms with E-state index in [4.69, 9.17) is 18.9 Å². The number of sulfonamides is 1. The van der Waals surface area contributed by atoms with Crippen LogP contribution in [0.4, 0.5) is 4.79 Å². The summed E-state index contributed by atoms with van der Waals surface area (Å²) in [6.07, 6.45) is 4.84. The molecule has 7 atom stereocenters. The molecule has 16 heteroatoms. The van der Waals surface area contributed by atoms with Gasteiger partial charge in [-0.25, -0.2) is 18.2 Å². The number of amides is 4. The molecule has 0 spiro atoms. The van der Waals surface area contributed by atoms with E-state index in [-0.39, 0.29) is 37.8 Å². The first-order chi connectivity index (χ1) is 26.4. The van der Waals surface area contributed by atoms with Gasteiger partial charge in [0.25, 0.3) is 5.91 Å². The van der Waals surface area contributed by atoms with Crippen molar-refractivity contribution in [1.29, 1.82) is 0 Å². The first kappa shape index (κ1) is 41.5. The number of hydrogen-bond donors (Lipinski definition) is 3. The first-order valence-corrected chi connectivity index (χ1v) is 21.1. The molecule has 6 rings (SSSR count). The second-order valence-corrected chi connectivity index (χ2v) is 19.6. The van der Waals surface area contributed by atoms with Gasteiger partial charge in [0.05, 0.1) is 25.0 Å². The normalized spacial score (nSPS) is 29.4. The Kier molecular flexibility index (Phi) is 11.8. The number of hydrogen-bond acceptors (Lipinski definition) is 11. The van der Waals surface area contributed by atoms with Crippen LogP contribution in [-0.2, 0) is 33.9 Å². The molecule has 2 aliphatic heterocycles. The summed E-state index contributed by atoms with van der Waals surface area (Å²) in [7, 11) is -0.870. The van der Waals surface area contributed by atoms with Crippen molar-refractivity contribution in [3.05, 3.63) is 30.5 Å². The fourth-order valence-corrected chi connectivity index (χ4v) is 9.47.